The molecule has 0 aliphatic carbocycles. The van der Waals surface area contributed by atoms with E-state index in [-0.39, 0.29) is 0 Å². The molecule has 0 fully saturated rings. The highest BCUT2D eigenvalue weighted by Crippen LogP contribution is 2.12. The standard InChI is InChI=1S/C6H11N3.C5H8N2S/c1-5-4-6(7-2)9(3)8-5;1-4-3-8-5(6-2)7-4/h4,7H,1-3H3;3H,1-2H3,(H,6,7). The summed E-state index contributed by atoms with van der Waals surface area (Å²) in [5.41, 5.74) is 2.13. The second-order valence-electron chi connectivity index (χ2n) is 3.59. The van der Waals surface area contributed by atoms with Crippen LogP contribution in [0.5, 0.6) is 0 Å². The smallest absolute Gasteiger partial charge is 0.182 e. The number of nitrogens with zero attached hydrogens (tertiary/aromatic N) is 3. The summed E-state index contributed by atoms with van der Waals surface area (Å²) in [6.07, 6.45) is 0. The largest absolute Gasteiger partial charge is 0.373 e. The van der Waals surface area contributed by atoms with Crippen LogP contribution in [0.2, 0.25) is 0 Å². The first kappa shape index (κ1) is 13.5. The highest BCUT2D eigenvalue weighted by atomic mass is 32.1. The van der Waals surface area contributed by atoms with Crippen molar-refractivity contribution in [1.82, 2.24) is 14.8 Å². The fraction of sp³-hybridized carbons (Fsp3) is 0.455. The van der Waals surface area contributed by atoms with Crippen LogP contribution in [0.3, 0.4) is 0 Å². The van der Waals surface area contributed by atoms with E-state index in [1.165, 1.54) is 0 Å². The summed E-state index contributed by atoms with van der Waals surface area (Å²) in [5.74, 6) is 1.05. The Bertz CT molecular complexity index is 460. The van der Waals surface area contributed by atoms with Crippen molar-refractivity contribution >= 4 is 22.3 Å². The van der Waals surface area contributed by atoms with Gasteiger partial charge in [-0.25, -0.2) is 4.98 Å². The van der Waals surface area contributed by atoms with Gasteiger partial charge in [-0.15, -0.1) is 11.3 Å². The SMILES string of the molecule is CNc1cc(C)nn1C.CNc1nc(C)cs1. The van der Waals surface area contributed by atoms with Crippen LogP contribution in [0.4, 0.5) is 10.9 Å². The third-order valence-corrected chi connectivity index (χ3v) is 3.07. The van der Waals surface area contributed by atoms with Crippen molar-refractivity contribution in [2.75, 3.05) is 24.7 Å². The lowest BCUT2D eigenvalue weighted by molar-refractivity contribution is 0.763. The molecular weight excluding hydrogens is 234 g/mol. The molecule has 2 aromatic heterocycles. The van der Waals surface area contributed by atoms with E-state index in [1.807, 2.05) is 51.1 Å². The zero-order valence-electron chi connectivity index (χ0n) is 10.9. The van der Waals surface area contributed by atoms with E-state index in [0.717, 1.165) is 22.3 Å². The maximum Gasteiger partial charge on any atom is 0.182 e. The van der Waals surface area contributed by atoms with E-state index in [9.17, 15) is 0 Å². The number of nitrogens with one attached hydrogen (secondary N) is 2. The molecule has 0 amide bonds. The lowest BCUT2D eigenvalue weighted by Gasteiger charge is -1.96. The van der Waals surface area contributed by atoms with Gasteiger partial charge in [-0.05, 0) is 13.8 Å². The molecule has 0 radical (unpaired) electrons. The van der Waals surface area contributed by atoms with E-state index in [0.29, 0.717) is 0 Å². The zero-order valence-corrected chi connectivity index (χ0v) is 11.7. The van der Waals surface area contributed by atoms with Gasteiger partial charge in [0.05, 0.1) is 11.4 Å². The van der Waals surface area contributed by atoms with E-state index in [2.05, 4.69) is 20.7 Å². The van der Waals surface area contributed by atoms with Crippen LogP contribution in [0.25, 0.3) is 0 Å². The van der Waals surface area contributed by atoms with Crippen LogP contribution in [0.15, 0.2) is 11.4 Å². The van der Waals surface area contributed by atoms with Gasteiger partial charge in [0, 0.05) is 32.6 Å². The quantitative estimate of drug-likeness (QED) is 0.862. The van der Waals surface area contributed by atoms with Gasteiger partial charge >= 0.3 is 0 Å². The van der Waals surface area contributed by atoms with Crippen LogP contribution in [-0.2, 0) is 7.05 Å². The van der Waals surface area contributed by atoms with Gasteiger partial charge in [0.2, 0.25) is 0 Å². The van der Waals surface area contributed by atoms with E-state index in [1.54, 1.807) is 11.3 Å². The van der Waals surface area contributed by atoms with Crippen LogP contribution in [0, 0.1) is 13.8 Å². The molecule has 0 spiro atoms. The highest BCUT2D eigenvalue weighted by molar-refractivity contribution is 7.13. The molecule has 0 aromatic carbocycles. The lowest BCUT2D eigenvalue weighted by atomic mass is 10.5. The molecule has 0 saturated heterocycles. The van der Waals surface area contributed by atoms with Gasteiger partial charge in [-0.3, -0.25) is 4.68 Å². The van der Waals surface area contributed by atoms with Crippen molar-refractivity contribution in [2.24, 2.45) is 7.05 Å². The maximum absolute atomic E-state index is 4.14. The Morgan fingerprint density at radius 2 is 1.88 bits per heavy atom. The Kier molecular flexibility index (Phi) is 4.96. The Hall–Kier alpha value is -1.56. The van der Waals surface area contributed by atoms with Crippen molar-refractivity contribution in [3.05, 3.63) is 22.8 Å². The molecular formula is C11H19N5S. The number of rotatable bonds is 2. The van der Waals surface area contributed by atoms with Crippen LogP contribution in [0.1, 0.15) is 11.4 Å². The fourth-order valence-electron chi connectivity index (χ4n) is 1.31. The number of hydrogen-bond acceptors (Lipinski definition) is 5. The maximum atomic E-state index is 4.14. The predicted molar refractivity (Wildman–Crippen MR) is 73.9 cm³/mol. The van der Waals surface area contributed by atoms with Crippen molar-refractivity contribution in [2.45, 2.75) is 13.8 Å². The number of anilines is 2. The molecule has 0 unspecified atom stereocenters. The number of thiazole rings is 1. The monoisotopic (exact) mass is 253 g/mol. The summed E-state index contributed by atoms with van der Waals surface area (Å²) >= 11 is 1.63. The van der Waals surface area contributed by atoms with E-state index in [4.69, 9.17) is 0 Å². The summed E-state index contributed by atoms with van der Waals surface area (Å²) in [4.78, 5) is 4.14. The van der Waals surface area contributed by atoms with Gasteiger partial charge in [0.25, 0.3) is 0 Å². The number of aromatic nitrogens is 3. The van der Waals surface area contributed by atoms with E-state index >= 15 is 0 Å². The predicted octanol–water partition coefficient (Wildman–Crippen LogP) is 2.26. The molecule has 0 atom stereocenters. The van der Waals surface area contributed by atoms with Crippen LogP contribution >= 0.6 is 11.3 Å². The number of hydrogen-bond donors (Lipinski definition) is 2. The third kappa shape index (κ3) is 4.07. The molecule has 0 aliphatic rings. The Morgan fingerprint density at radius 1 is 1.18 bits per heavy atom. The second kappa shape index (κ2) is 6.24. The molecule has 6 heteroatoms. The second-order valence-corrected chi connectivity index (χ2v) is 4.45. The highest BCUT2D eigenvalue weighted by Gasteiger charge is 1.95. The van der Waals surface area contributed by atoms with Crippen molar-refractivity contribution in [1.29, 1.82) is 0 Å². The van der Waals surface area contributed by atoms with E-state index < -0.39 is 0 Å². The normalized spacial score (nSPS) is 9.47. The molecule has 2 aromatic rings. The van der Waals surface area contributed by atoms with Gasteiger partial charge in [0.15, 0.2) is 5.13 Å². The molecule has 0 aliphatic heterocycles. The topological polar surface area (TPSA) is 54.8 Å². The molecule has 2 rings (SSSR count). The summed E-state index contributed by atoms with van der Waals surface area (Å²) in [5, 5.41) is 13.1. The van der Waals surface area contributed by atoms with Crippen LogP contribution < -0.4 is 10.6 Å². The minimum Gasteiger partial charge on any atom is -0.373 e. The lowest BCUT2D eigenvalue weighted by Crippen LogP contribution is -1.97. The average Bonchev–Trinajstić information content (AvgIpc) is 2.85. The van der Waals surface area contributed by atoms with Gasteiger partial charge < -0.3 is 10.6 Å². The van der Waals surface area contributed by atoms with Crippen molar-refractivity contribution in [3.8, 4) is 0 Å². The first-order chi connectivity index (χ1) is 8.06. The molecule has 94 valence electrons. The van der Waals surface area contributed by atoms with Crippen molar-refractivity contribution in [3.63, 3.8) is 0 Å². The average molecular weight is 253 g/mol. The molecule has 2 heterocycles. The molecule has 0 bridgehead atoms. The van der Waals surface area contributed by atoms with Gasteiger partial charge in [0.1, 0.15) is 5.82 Å². The third-order valence-electron chi connectivity index (χ3n) is 2.09. The Morgan fingerprint density at radius 3 is 2.12 bits per heavy atom. The summed E-state index contributed by atoms with van der Waals surface area (Å²) in [7, 11) is 5.67. The summed E-state index contributed by atoms with van der Waals surface area (Å²) in [6.45, 7) is 3.96. The minimum atomic E-state index is 0.988. The number of aryl methyl sites for hydroxylation is 3. The molecule has 17 heavy (non-hydrogen) atoms. The van der Waals surface area contributed by atoms with Gasteiger partial charge in [-0.2, -0.15) is 5.10 Å². The summed E-state index contributed by atoms with van der Waals surface area (Å²) < 4.78 is 1.81. The van der Waals surface area contributed by atoms with Gasteiger partial charge in [-0.1, -0.05) is 0 Å². The molecule has 0 saturated carbocycles. The first-order valence-corrected chi connectivity index (χ1v) is 6.23. The molecule has 2 N–H and O–H groups in total. The Labute approximate surface area is 106 Å². The summed E-state index contributed by atoms with van der Waals surface area (Å²) in [6, 6.07) is 2.00. The fourth-order valence-corrected chi connectivity index (χ4v) is 1.96. The molecule has 5 nitrogen and oxygen atoms in total. The first-order valence-electron chi connectivity index (χ1n) is 5.35. The minimum absolute atomic E-state index is 0.988. The Balaban J connectivity index is 0.000000171. The van der Waals surface area contributed by atoms with Crippen molar-refractivity contribution < 1.29 is 0 Å². The van der Waals surface area contributed by atoms with Crippen LogP contribution in [-0.4, -0.2) is 28.9 Å². The zero-order chi connectivity index (χ0) is 12.8.